The van der Waals surface area contributed by atoms with Crippen LogP contribution < -0.4 is 4.98 Å². The molecule has 1 aromatic carbocycles. The second-order valence-corrected chi connectivity index (χ2v) is 3.26. The van der Waals surface area contributed by atoms with Gasteiger partial charge < -0.3 is 9.97 Å². The van der Waals surface area contributed by atoms with Crippen LogP contribution in [0.2, 0.25) is 0 Å². The van der Waals surface area contributed by atoms with Gasteiger partial charge in [0.15, 0.2) is 0 Å². The van der Waals surface area contributed by atoms with E-state index in [0.717, 1.165) is 10.9 Å². The topological polar surface area (TPSA) is 52.8 Å². The first-order valence-corrected chi connectivity index (χ1v) is 4.48. The lowest BCUT2D eigenvalue weighted by atomic mass is 10.2. The van der Waals surface area contributed by atoms with Crippen molar-refractivity contribution in [3.8, 4) is 0 Å². The van der Waals surface area contributed by atoms with Crippen molar-refractivity contribution in [2.75, 3.05) is 0 Å². The molecule has 0 aliphatic rings. The van der Waals surface area contributed by atoms with E-state index in [9.17, 15) is 0 Å². The van der Waals surface area contributed by atoms with Gasteiger partial charge in [-0.1, -0.05) is 36.9 Å². The zero-order valence-electron chi connectivity index (χ0n) is 7.01. The Bertz CT molecular complexity index is 616. The molecule has 0 aliphatic heterocycles. The number of para-hydroxylation sites is 1. The van der Waals surface area contributed by atoms with Gasteiger partial charge in [0.2, 0.25) is 0 Å². The van der Waals surface area contributed by atoms with Crippen LogP contribution in [0.15, 0.2) is 29.4 Å². The minimum atomic E-state index is 0.236. The highest BCUT2D eigenvalue weighted by atomic mass is 32.1. The maximum Gasteiger partial charge on any atom is 0.139 e. The minimum absolute atomic E-state index is 0.236. The van der Waals surface area contributed by atoms with Crippen LogP contribution in [-0.4, -0.2) is 15.2 Å². The third-order valence-electron chi connectivity index (χ3n) is 2.03. The van der Waals surface area contributed by atoms with Crippen LogP contribution in [0.1, 0.15) is 0 Å². The Kier molecular flexibility index (Phi) is 1.43. The normalized spacial score (nSPS) is 11.1. The zero-order valence-corrected chi connectivity index (χ0v) is 7.82. The Morgan fingerprint density at radius 1 is 1.14 bits per heavy atom. The van der Waals surface area contributed by atoms with Crippen LogP contribution >= 0.6 is 12.6 Å². The van der Waals surface area contributed by atoms with Crippen LogP contribution in [0, 0.1) is 0 Å². The van der Waals surface area contributed by atoms with Gasteiger partial charge in [0.05, 0.1) is 5.52 Å². The largest absolute Gasteiger partial charge is 0.434 e. The predicted octanol–water partition coefficient (Wildman–Crippen LogP) is 1.69. The molecule has 14 heavy (non-hydrogen) atoms. The summed E-state index contributed by atoms with van der Waals surface area (Å²) in [6, 6.07) is 7.73. The highest BCUT2D eigenvalue weighted by Crippen LogP contribution is 2.20. The first kappa shape index (κ1) is 7.64. The molecule has 2 heterocycles. The van der Waals surface area contributed by atoms with E-state index in [0.29, 0.717) is 11.2 Å². The van der Waals surface area contributed by atoms with E-state index in [1.807, 2.05) is 24.3 Å². The molecule has 3 aromatic rings. The van der Waals surface area contributed by atoms with Gasteiger partial charge in [0.25, 0.3) is 0 Å². The molecular weight excluding hydrogens is 196 g/mol. The van der Waals surface area contributed by atoms with E-state index in [2.05, 4.69) is 20.2 Å². The average molecular weight is 200 g/mol. The van der Waals surface area contributed by atoms with Crippen molar-refractivity contribution in [1.82, 2.24) is 20.2 Å². The number of nitrogens with zero attached hydrogens (tertiary/aromatic N) is 4. The molecule has 0 atom stereocenters. The zero-order chi connectivity index (χ0) is 9.54. The molecule has 0 saturated carbocycles. The third kappa shape index (κ3) is 0.958. The van der Waals surface area contributed by atoms with Crippen molar-refractivity contribution >= 4 is 34.7 Å². The molecule has 4 nitrogen and oxygen atoms in total. The van der Waals surface area contributed by atoms with Gasteiger partial charge >= 0.3 is 0 Å². The summed E-state index contributed by atoms with van der Waals surface area (Å²) in [5.41, 5.74) is 2.17. The van der Waals surface area contributed by atoms with Crippen LogP contribution in [0.3, 0.4) is 0 Å². The van der Waals surface area contributed by atoms with E-state index < -0.39 is 0 Å². The first-order valence-electron chi connectivity index (χ1n) is 4.07. The van der Waals surface area contributed by atoms with E-state index in [1.54, 1.807) is 0 Å². The maximum absolute atomic E-state index is 4.82. The van der Waals surface area contributed by atoms with Crippen molar-refractivity contribution in [2.45, 2.75) is 5.16 Å². The number of aromatic nitrogens is 4. The molecule has 67 valence electrons. The van der Waals surface area contributed by atoms with Crippen LogP contribution in [0.25, 0.3) is 22.1 Å². The summed E-state index contributed by atoms with van der Waals surface area (Å²) in [7, 11) is 0. The fourth-order valence-electron chi connectivity index (χ4n) is 1.44. The molecule has 0 bridgehead atoms. The fraction of sp³-hybridized carbons (Fsp3) is 0. The van der Waals surface area contributed by atoms with Crippen molar-refractivity contribution in [2.24, 2.45) is 0 Å². The van der Waals surface area contributed by atoms with Gasteiger partial charge in [0.1, 0.15) is 5.16 Å². The van der Waals surface area contributed by atoms with Gasteiger partial charge in [-0.15, -0.1) is 10.2 Å². The monoisotopic (exact) mass is 200 g/mol. The molecule has 5 heteroatoms. The quantitative estimate of drug-likeness (QED) is 0.554. The van der Waals surface area contributed by atoms with Crippen molar-refractivity contribution < 1.29 is 0 Å². The highest BCUT2D eigenvalue weighted by molar-refractivity contribution is 7.80. The molecule has 0 spiro atoms. The smallest absolute Gasteiger partial charge is 0.139 e. The second-order valence-electron chi connectivity index (χ2n) is 2.90. The lowest BCUT2D eigenvalue weighted by Gasteiger charge is -1.96. The minimum Gasteiger partial charge on any atom is -0.434 e. The van der Waals surface area contributed by atoms with E-state index in [1.165, 1.54) is 0 Å². The van der Waals surface area contributed by atoms with Gasteiger partial charge in [-0.3, -0.25) is 0 Å². The SMILES string of the molecule is [S]c1nnc2c(n1)[n-]c1ccccc12. The van der Waals surface area contributed by atoms with E-state index in [-0.39, 0.29) is 5.16 Å². The summed E-state index contributed by atoms with van der Waals surface area (Å²) >= 11 is 4.82. The van der Waals surface area contributed by atoms with E-state index >= 15 is 0 Å². The number of hydrogen-bond donors (Lipinski definition) is 0. The molecule has 0 fully saturated rings. The van der Waals surface area contributed by atoms with Gasteiger partial charge in [-0.2, -0.15) is 0 Å². The van der Waals surface area contributed by atoms with Crippen LogP contribution in [0.4, 0.5) is 0 Å². The standard InChI is InChI=1S/C9H4N4S/c14-9-11-8-7(12-13-9)5-3-1-2-4-6(5)10-8/h1-4H/q-1. The predicted molar refractivity (Wildman–Crippen MR) is 54.0 cm³/mol. The highest BCUT2D eigenvalue weighted by Gasteiger charge is 1.99. The summed E-state index contributed by atoms with van der Waals surface area (Å²) in [5.74, 6) is 0. The number of hydrogen-bond acceptors (Lipinski definition) is 3. The molecular formula is C9H4N4S-. The molecule has 0 saturated heterocycles. The molecule has 2 aromatic heterocycles. The van der Waals surface area contributed by atoms with Gasteiger partial charge in [0, 0.05) is 5.39 Å². The van der Waals surface area contributed by atoms with E-state index in [4.69, 9.17) is 12.6 Å². The fourth-order valence-corrected chi connectivity index (χ4v) is 1.57. The summed E-state index contributed by atoms with van der Waals surface area (Å²) in [6.45, 7) is 0. The molecule has 0 amide bonds. The molecule has 3 rings (SSSR count). The van der Waals surface area contributed by atoms with Gasteiger partial charge in [-0.25, -0.2) is 0 Å². The number of benzene rings is 1. The summed E-state index contributed by atoms with van der Waals surface area (Å²) in [4.78, 5) is 8.34. The third-order valence-corrected chi connectivity index (χ3v) is 2.21. The molecule has 1 radical (unpaired) electrons. The molecule has 0 N–H and O–H groups in total. The van der Waals surface area contributed by atoms with Crippen molar-refractivity contribution in [3.05, 3.63) is 24.3 Å². The lowest BCUT2D eigenvalue weighted by Crippen LogP contribution is -1.88. The number of rotatable bonds is 0. The summed E-state index contributed by atoms with van der Waals surface area (Å²) < 4.78 is 0. The lowest BCUT2D eigenvalue weighted by molar-refractivity contribution is 0.882. The Hall–Kier alpha value is -1.75. The summed E-state index contributed by atoms with van der Waals surface area (Å²) in [6.07, 6.45) is 0. The first-order chi connectivity index (χ1) is 6.84. The van der Waals surface area contributed by atoms with Crippen LogP contribution in [-0.2, 0) is 0 Å². The average Bonchev–Trinajstić information content (AvgIpc) is 2.54. The molecule has 0 aliphatic carbocycles. The number of fused-ring (bicyclic) bond motifs is 3. The second kappa shape index (κ2) is 2.62. The molecule has 0 unspecified atom stereocenters. The van der Waals surface area contributed by atoms with Gasteiger partial charge in [-0.05, 0) is 11.2 Å². The Morgan fingerprint density at radius 2 is 2.00 bits per heavy atom. The Labute approximate surface area is 84.8 Å². The van der Waals surface area contributed by atoms with Crippen molar-refractivity contribution in [3.63, 3.8) is 0 Å². The Balaban J connectivity index is 2.57. The summed E-state index contributed by atoms with van der Waals surface area (Å²) in [5, 5.41) is 8.94. The maximum atomic E-state index is 4.82. The van der Waals surface area contributed by atoms with Crippen LogP contribution in [0.5, 0.6) is 0 Å². The Morgan fingerprint density at radius 3 is 2.93 bits per heavy atom. The van der Waals surface area contributed by atoms with Crippen molar-refractivity contribution in [1.29, 1.82) is 0 Å².